The molecule has 0 atom stereocenters. The van der Waals surface area contributed by atoms with Crippen LogP contribution in [0.25, 0.3) is 11.3 Å². The molecule has 1 heterocycles. The molecule has 0 bridgehead atoms. The minimum absolute atomic E-state index is 0.836. The Kier molecular flexibility index (Phi) is 3.50. The number of hydrogen-bond acceptors (Lipinski definition) is 2. The molecule has 20 heavy (non-hydrogen) atoms. The first-order valence-corrected chi connectivity index (χ1v) is 6.70. The Labute approximate surface area is 118 Å². The summed E-state index contributed by atoms with van der Waals surface area (Å²) in [6.45, 7) is 3.02. The van der Waals surface area contributed by atoms with E-state index in [-0.39, 0.29) is 0 Å². The van der Waals surface area contributed by atoms with Gasteiger partial charge in [-0.1, -0.05) is 18.2 Å². The third-order valence-electron chi connectivity index (χ3n) is 3.18. The van der Waals surface area contributed by atoms with Gasteiger partial charge >= 0.3 is 0 Å². The smallest absolute Gasteiger partial charge is 0.127 e. The largest absolute Gasteiger partial charge is 0.457 e. The fourth-order valence-corrected chi connectivity index (χ4v) is 2.13. The second-order valence-electron chi connectivity index (χ2n) is 4.50. The number of benzene rings is 2. The third-order valence-corrected chi connectivity index (χ3v) is 3.18. The Morgan fingerprint density at radius 1 is 0.950 bits per heavy atom. The first-order chi connectivity index (χ1) is 9.86. The SMILES string of the molecule is CCn1cncc1-c1ccc(Oc2ccccc2)cc1. The highest BCUT2D eigenvalue weighted by Crippen LogP contribution is 2.25. The van der Waals surface area contributed by atoms with Crippen LogP contribution in [0, 0.1) is 0 Å². The molecular weight excluding hydrogens is 248 g/mol. The Bertz CT molecular complexity index is 672. The first kappa shape index (κ1) is 12.5. The zero-order valence-corrected chi connectivity index (χ0v) is 11.4. The van der Waals surface area contributed by atoms with Crippen molar-refractivity contribution in [2.45, 2.75) is 13.5 Å². The van der Waals surface area contributed by atoms with Gasteiger partial charge in [-0.2, -0.15) is 0 Å². The van der Waals surface area contributed by atoms with E-state index < -0.39 is 0 Å². The van der Waals surface area contributed by atoms with Crippen molar-refractivity contribution in [3.63, 3.8) is 0 Å². The van der Waals surface area contributed by atoms with Gasteiger partial charge in [0.05, 0.1) is 18.2 Å². The van der Waals surface area contributed by atoms with Gasteiger partial charge in [0.1, 0.15) is 11.5 Å². The summed E-state index contributed by atoms with van der Waals surface area (Å²) < 4.78 is 7.90. The van der Waals surface area contributed by atoms with E-state index in [1.165, 1.54) is 0 Å². The minimum atomic E-state index is 0.836. The summed E-state index contributed by atoms with van der Waals surface area (Å²) in [4.78, 5) is 4.19. The number of rotatable bonds is 4. The molecule has 0 saturated carbocycles. The van der Waals surface area contributed by atoms with Crippen LogP contribution in [0.2, 0.25) is 0 Å². The van der Waals surface area contributed by atoms with Gasteiger partial charge in [0.15, 0.2) is 0 Å². The maximum absolute atomic E-state index is 5.78. The molecule has 0 aliphatic heterocycles. The zero-order valence-electron chi connectivity index (χ0n) is 11.4. The van der Waals surface area contributed by atoms with Gasteiger partial charge in [-0.15, -0.1) is 0 Å². The fraction of sp³-hybridized carbons (Fsp3) is 0.118. The normalized spacial score (nSPS) is 10.4. The second kappa shape index (κ2) is 5.61. The van der Waals surface area contributed by atoms with Crippen LogP contribution >= 0.6 is 0 Å². The predicted octanol–water partition coefficient (Wildman–Crippen LogP) is 4.36. The van der Waals surface area contributed by atoms with Crippen LogP contribution in [0.15, 0.2) is 67.1 Å². The van der Waals surface area contributed by atoms with Crippen molar-refractivity contribution >= 4 is 0 Å². The lowest BCUT2D eigenvalue weighted by molar-refractivity contribution is 0.483. The van der Waals surface area contributed by atoms with E-state index in [0.29, 0.717) is 0 Å². The van der Waals surface area contributed by atoms with Gasteiger partial charge in [-0.05, 0) is 43.3 Å². The molecule has 3 rings (SSSR count). The van der Waals surface area contributed by atoms with Gasteiger partial charge in [0.25, 0.3) is 0 Å². The van der Waals surface area contributed by atoms with Crippen LogP contribution in [0.5, 0.6) is 11.5 Å². The number of hydrogen-bond donors (Lipinski definition) is 0. The Balaban J connectivity index is 1.81. The van der Waals surface area contributed by atoms with Crippen molar-refractivity contribution in [2.75, 3.05) is 0 Å². The van der Waals surface area contributed by atoms with Crippen molar-refractivity contribution in [1.82, 2.24) is 9.55 Å². The first-order valence-electron chi connectivity index (χ1n) is 6.70. The molecular formula is C17H16N2O. The van der Waals surface area contributed by atoms with Gasteiger partial charge in [0.2, 0.25) is 0 Å². The number of ether oxygens (including phenoxy) is 1. The van der Waals surface area contributed by atoms with Gasteiger partial charge < -0.3 is 9.30 Å². The van der Waals surface area contributed by atoms with Crippen molar-refractivity contribution in [3.05, 3.63) is 67.1 Å². The maximum atomic E-state index is 5.78. The highest BCUT2D eigenvalue weighted by molar-refractivity contribution is 5.60. The van der Waals surface area contributed by atoms with Gasteiger partial charge in [-0.3, -0.25) is 0 Å². The van der Waals surface area contributed by atoms with Gasteiger partial charge in [0, 0.05) is 12.1 Å². The van der Waals surface area contributed by atoms with E-state index in [1.54, 1.807) is 0 Å². The van der Waals surface area contributed by atoms with Crippen molar-refractivity contribution in [3.8, 4) is 22.8 Å². The van der Waals surface area contributed by atoms with E-state index in [0.717, 1.165) is 29.3 Å². The maximum Gasteiger partial charge on any atom is 0.127 e. The van der Waals surface area contributed by atoms with Crippen LogP contribution in [-0.4, -0.2) is 9.55 Å². The molecule has 100 valence electrons. The Morgan fingerprint density at radius 2 is 1.65 bits per heavy atom. The highest BCUT2D eigenvalue weighted by Gasteiger charge is 2.04. The number of nitrogens with zero attached hydrogens (tertiary/aromatic N) is 2. The second-order valence-corrected chi connectivity index (χ2v) is 4.50. The fourth-order valence-electron chi connectivity index (χ4n) is 2.13. The molecule has 0 unspecified atom stereocenters. The molecule has 3 heteroatoms. The standard InChI is InChI=1S/C17H16N2O/c1-2-19-13-18-12-17(19)14-8-10-16(11-9-14)20-15-6-4-3-5-7-15/h3-13H,2H2,1H3. The number of imidazole rings is 1. The van der Waals surface area contributed by atoms with Crippen molar-refractivity contribution in [2.24, 2.45) is 0 Å². The summed E-state index contributed by atoms with van der Waals surface area (Å²) in [5, 5.41) is 0. The molecule has 0 N–H and O–H groups in total. The topological polar surface area (TPSA) is 27.1 Å². The van der Waals surface area contributed by atoms with Crippen molar-refractivity contribution < 1.29 is 4.74 Å². The summed E-state index contributed by atoms with van der Waals surface area (Å²) in [5.74, 6) is 1.68. The molecule has 3 aromatic rings. The number of para-hydroxylation sites is 1. The lowest BCUT2D eigenvalue weighted by Gasteiger charge is -2.08. The molecule has 0 aliphatic carbocycles. The van der Waals surface area contributed by atoms with E-state index in [9.17, 15) is 0 Å². The van der Waals surface area contributed by atoms with Crippen LogP contribution in [0.4, 0.5) is 0 Å². The molecule has 0 radical (unpaired) electrons. The molecule has 2 aromatic carbocycles. The summed E-state index contributed by atoms with van der Waals surface area (Å²) in [5.41, 5.74) is 2.27. The van der Waals surface area contributed by atoms with E-state index in [2.05, 4.69) is 28.6 Å². The van der Waals surface area contributed by atoms with Crippen LogP contribution in [0.1, 0.15) is 6.92 Å². The van der Waals surface area contributed by atoms with Crippen LogP contribution in [0.3, 0.4) is 0 Å². The number of aromatic nitrogens is 2. The molecule has 0 fully saturated rings. The van der Waals surface area contributed by atoms with E-state index in [4.69, 9.17) is 4.74 Å². The summed E-state index contributed by atoms with van der Waals surface area (Å²) in [6.07, 6.45) is 3.74. The third kappa shape index (κ3) is 2.57. The minimum Gasteiger partial charge on any atom is -0.457 e. The average molecular weight is 264 g/mol. The summed E-state index contributed by atoms with van der Waals surface area (Å²) >= 11 is 0. The molecule has 0 spiro atoms. The molecule has 0 amide bonds. The monoisotopic (exact) mass is 264 g/mol. The molecule has 3 nitrogen and oxygen atoms in total. The van der Waals surface area contributed by atoms with Crippen LogP contribution in [-0.2, 0) is 6.54 Å². The lowest BCUT2D eigenvalue weighted by atomic mass is 10.1. The zero-order chi connectivity index (χ0) is 13.8. The molecule has 1 aromatic heterocycles. The van der Waals surface area contributed by atoms with Crippen LogP contribution < -0.4 is 4.74 Å². The summed E-state index contributed by atoms with van der Waals surface area (Å²) in [6, 6.07) is 17.9. The Hall–Kier alpha value is -2.55. The highest BCUT2D eigenvalue weighted by atomic mass is 16.5. The predicted molar refractivity (Wildman–Crippen MR) is 79.9 cm³/mol. The van der Waals surface area contributed by atoms with Gasteiger partial charge in [-0.25, -0.2) is 4.98 Å². The van der Waals surface area contributed by atoms with E-state index >= 15 is 0 Å². The lowest BCUT2D eigenvalue weighted by Crippen LogP contribution is -1.94. The average Bonchev–Trinajstić information content (AvgIpc) is 2.98. The molecule has 0 saturated heterocycles. The van der Waals surface area contributed by atoms with Crippen molar-refractivity contribution in [1.29, 1.82) is 0 Å². The molecule has 0 aliphatic rings. The quantitative estimate of drug-likeness (QED) is 0.700. The Morgan fingerprint density at radius 3 is 2.35 bits per heavy atom. The van der Waals surface area contributed by atoms with E-state index in [1.807, 2.05) is 55.0 Å². The number of aryl methyl sites for hydroxylation is 1. The summed E-state index contributed by atoms with van der Waals surface area (Å²) in [7, 11) is 0.